The summed E-state index contributed by atoms with van der Waals surface area (Å²) in [5.74, 6) is 0.112. The Hall–Kier alpha value is -1.20. The number of hydrogen-bond acceptors (Lipinski definition) is 5. The molecule has 2 aromatic rings. The van der Waals surface area contributed by atoms with E-state index in [4.69, 9.17) is 0 Å². The molecule has 0 saturated carbocycles. The summed E-state index contributed by atoms with van der Waals surface area (Å²) in [6.45, 7) is 3.75. The van der Waals surface area contributed by atoms with Crippen molar-refractivity contribution in [2.45, 2.75) is 19.8 Å². The molecule has 5 heteroatoms. The highest BCUT2D eigenvalue weighted by molar-refractivity contribution is 7.19. The maximum absolute atomic E-state index is 11.7. The number of nitrogens with zero attached hydrogens (tertiary/aromatic N) is 2. The predicted octanol–water partition coefficient (Wildman–Crippen LogP) is 3.67. The Morgan fingerprint density at radius 2 is 2.17 bits per heavy atom. The Kier molecular flexibility index (Phi) is 3.18. The summed E-state index contributed by atoms with van der Waals surface area (Å²) in [5, 5.41) is 3.02. The molecule has 0 spiro atoms. The van der Waals surface area contributed by atoms with Gasteiger partial charge in [-0.15, -0.1) is 11.3 Å². The van der Waals surface area contributed by atoms with Crippen LogP contribution in [0.4, 0.5) is 5.13 Å². The minimum Gasteiger partial charge on any atom is -0.348 e. The van der Waals surface area contributed by atoms with Crippen molar-refractivity contribution in [3.63, 3.8) is 0 Å². The van der Waals surface area contributed by atoms with Gasteiger partial charge >= 0.3 is 0 Å². The van der Waals surface area contributed by atoms with E-state index in [2.05, 4.69) is 9.88 Å². The standard InChI is InChI=1S/C13H14N2OS2/c1-9(16)12-11(10-5-4-8-17-10)14-13(18-12)15-6-2-3-7-15/h4-5,8H,2-3,6-7H2,1H3. The summed E-state index contributed by atoms with van der Waals surface area (Å²) in [7, 11) is 0. The molecule has 1 aliphatic rings. The van der Waals surface area contributed by atoms with E-state index in [0.717, 1.165) is 33.7 Å². The lowest BCUT2D eigenvalue weighted by Gasteiger charge is -2.12. The summed E-state index contributed by atoms with van der Waals surface area (Å²) in [6, 6.07) is 4.03. The van der Waals surface area contributed by atoms with Crippen LogP contribution in [-0.4, -0.2) is 23.9 Å². The van der Waals surface area contributed by atoms with E-state index in [1.54, 1.807) is 18.3 Å². The molecule has 1 saturated heterocycles. The van der Waals surface area contributed by atoms with Crippen LogP contribution in [-0.2, 0) is 0 Å². The van der Waals surface area contributed by atoms with Crippen molar-refractivity contribution in [3.05, 3.63) is 22.4 Å². The van der Waals surface area contributed by atoms with E-state index in [-0.39, 0.29) is 5.78 Å². The molecule has 0 bridgehead atoms. The molecule has 0 radical (unpaired) electrons. The summed E-state index contributed by atoms with van der Waals surface area (Å²) >= 11 is 3.17. The molecular weight excluding hydrogens is 264 g/mol. The number of carbonyl (C=O) groups is 1. The van der Waals surface area contributed by atoms with Crippen LogP contribution in [0.25, 0.3) is 10.6 Å². The van der Waals surface area contributed by atoms with E-state index in [1.807, 2.05) is 17.5 Å². The Morgan fingerprint density at radius 3 is 2.78 bits per heavy atom. The van der Waals surface area contributed by atoms with Gasteiger partial charge in [0, 0.05) is 20.0 Å². The van der Waals surface area contributed by atoms with E-state index in [0.29, 0.717) is 0 Å². The first-order chi connectivity index (χ1) is 8.75. The minimum atomic E-state index is 0.112. The van der Waals surface area contributed by atoms with Crippen LogP contribution >= 0.6 is 22.7 Å². The third-order valence-electron chi connectivity index (χ3n) is 3.07. The number of Topliss-reactive ketones (excluding diaryl/α,β-unsaturated/α-hetero) is 1. The number of thiazole rings is 1. The van der Waals surface area contributed by atoms with Crippen LogP contribution in [0.15, 0.2) is 17.5 Å². The van der Waals surface area contributed by atoms with Crippen LogP contribution < -0.4 is 4.90 Å². The molecule has 3 heterocycles. The van der Waals surface area contributed by atoms with Crippen molar-refractivity contribution < 1.29 is 4.79 Å². The second-order valence-corrected chi connectivity index (χ2v) is 6.33. The minimum absolute atomic E-state index is 0.112. The Bertz CT molecular complexity index is 554. The highest BCUT2D eigenvalue weighted by atomic mass is 32.1. The number of ketones is 1. The highest BCUT2D eigenvalue weighted by Crippen LogP contribution is 2.36. The molecule has 3 rings (SSSR count). The molecule has 0 amide bonds. The summed E-state index contributed by atoms with van der Waals surface area (Å²) in [6.07, 6.45) is 2.45. The van der Waals surface area contributed by atoms with Gasteiger partial charge in [0.2, 0.25) is 0 Å². The normalized spacial score (nSPS) is 15.3. The van der Waals surface area contributed by atoms with E-state index < -0.39 is 0 Å². The Labute approximate surface area is 114 Å². The van der Waals surface area contributed by atoms with Crippen LogP contribution in [0.1, 0.15) is 29.4 Å². The molecule has 0 N–H and O–H groups in total. The molecular formula is C13H14N2OS2. The van der Waals surface area contributed by atoms with Crippen molar-refractivity contribution in [2.24, 2.45) is 0 Å². The molecule has 0 unspecified atom stereocenters. The number of rotatable bonds is 3. The van der Waals surface area contributed by atoms with Crippen molar-refractivity contribution >= 4 is 33.6 Å². The van der Waals surface area contributed by atoms with E-state index >= 15 is 0 Å². The average molecular weight is 278 g/mol. The molecule has 1 aliphatic heterocycles. The molecule has 0 aromatic carbocycles. The lowest BCUT2D eigenvalue weighted by Crippen LogP contribution is -2.17. The van der Waals surface area contributed by atoms with Crippen molar-refractivity contribution in [2.75, 3.05) is 18.0 Å². The third-order valence-corrected chi connectivity index (χ3v) is 5.16. The van der Waals surface area contributed by atoms with Crippen LogP contribution in [0.2, 0.25) is 0 Å². The van der Waals surface area contributed by atoms with Crippen LogP contribution in [0.5, 0.6) is 0 Å². The Morgan fingerprint density at radius 1 is 1.39 bits per heavy atom. The molecule has 2 aromatic heterocycles. The maximum Gasteiger partial charge on any atom is 0.186 e. The fourth-order valence-electron chi connectivity index (χ4n) is 2.17. The molecule has 1 fully saturated rings. The van der Waals surface area contributed by atoms with Crippen LogP contribution in [0, 0.1) is 0 Å². The predicted molar refractivity (Wildman–Crippen MR) is 76.9 cm³/mol. The van der Waals surface area contributed by atoms with Crippen molar-refractivity contribution in [1.82, 2.24) is 4.98 Å². The van der Waals surface area contributed by atoms with Crippen LogP contribution in [0.3, 0.4) is 0 Å². The summed E-state index contributed by atoms with van der Waals surface area (Å²) in [4.78, 5) is 20.6. The number of anilines is 1. The lowest BCUT2D eigenvalue weighted by molar-refractivity contribution is 0.102. The zero-order valence-corrected chi connectivity index (χ0v) is 11.8. The first-order valence-electron chi connectivity index (χ1n) is 6.06. The van der Waals surface area contributed by atoms with Gasteiger partial charge in [0.05, 0.1) is 4.88 Å². The zero-order valence-electron chi connectivity index (χ0n) is 10.2. The largest absolute Gasteiger partial charge is 0.348 e. The number of thiophene rings is 1. The molecule has 94 valence electrons. The monoisotopic (exact) mass is 278 g/mol. The molecule has 0 atom stereocenters. The van der Waals surface area contributed by atoms with Gasteiger partial charge in [-0.1, -0.05) is 17.4 Å². The number of hydrogen-bond donors (Lipinski definition) is 0. The van der Waals surface area contributed by atoms with Gasteiger partial charge in [-0.2, -0.15) is 0 Å². The molecule has 0 aliphatic carbocycles. The highest BCUT2D eigenvalue weighted by Gasteiger charge is 2.22. The fourth-order valence-corrected chi connectivity index (χ4v) is 3.98. The zero-order chi connectivity index (χ0) is 12.5. The average Bonchev–Trinajstić information content (AvgIpc) is 3.10. The fraction of sp³-hybridized carbons (Fsp3) is 0.385. The SMILES string of the molecule is CC(=O)c1sc(N2CCCC2)nc1-c1cccs1. The van der Waals surface area contributed by atoms with Gasteiger partial charge in [0.25, 0.3) is 0 Å². The number of carbonyl (C=O) groups excluding carboxylic acids is 1. The van der Waals surface area contributed by atoms with E-state index in [1.165, 1.54) is 24.2 Å². The van der Waals surface area contributed by atoms with Gasteiger partial charge in [0.15, 0.2) is 10.9 Å². The Balaban J connectivity index is 2.04. The first-order valence-corrected chi connectivity index (χ1v) is 7.76. The lowest BCUT2D eigenvalue weighted by atomic mass is 10.2. The second-order valence-electron chi connectivity index (χ2n) is 4.40. The van der Waals surface area contributed by atoms with Gasteiger partial charge in [-0.05, 0) is 24.3 Å². The van der Waals surface area contributed by atoms with Gasteiger partial charge in [-0.3, -0.25) is 4.79 Å². The van der Waals surface area contributed by atoms with E-state index in [9.17, 15) is 4.79 Å². The van der Waals surface area contributed by atoms with Crippen molar-refractivity contribution in [3.8, 4) is 10.6 Å². The molecule has 18 heavy (non-hydrogen) atoms. The van der Waals surface area contributed by atoms with Crippen molar-refractivity contribution in [1.29, 1.82) is 0 Å². The third kappa shape index (κ3) is 2.08. The smallest absolute Gasteiger partial charge is 0.186 e. The molecule has 3 nitrogen and oxygen atoms in total. The summed E-state index contributed by atoms with van der Waals surface area (Å²) < 4.78 is 0. The topological polar surface area (TPSA) is 33.2 Å². The van der Waals surface area contributed by atoms with Gasteiger partial charge < -0.3 is 4.90 Å². The van der Waals surface area contributed by atoms with Gasteiger partial charge in [0.1, 0.15) is 10.6 Å². The maximum atomic E-state index is 11.7. The first kappa shape index (κ1) is 11.9. The second kappa shape index (κ2) is 4.82. The summed E-state index contributed by atoms with van der Waals surface area (Å²) in [5.41, 5.74) is 0.865. The quantitative estimate of drug-likeness (QED) is 0.803. The number of aromatic nitrogens is 1. The van der Waals surface area contributed by atoms with Gasteiger partial charge in [-0.25, -0.2) is 4.98 Å².